The summed E-state index contributed by atoms with van der Waals surface area (Å²) in [6.45, 7) is 2.70. The molecule has 1 rings (SSSR count). The number of nitro groups is 1. The SMILES string of the molecule is Cc1cc([N+](=O)[O-])ccc1CN(C)C. The molecule has 1 aromatic rings. The van der Waals surface area contributed by atoms with E-state index in [1.807, 2.05) is 32.0 Å². The molecule has 0 unspecified atom stereocenters. The molecule has 0 atom stereocenters. The predicted molar refractivity (Wildman–Crippen MR) is 55.2 cm³/mol. The highest BCUT2D eigenvalue weighted by molar-refractivity contribution is 5.39. The van der Waals surface area contributed by atoms with Crippen LogP contribution < -0.4 is 0 Å². The van der Waals surface area contributed by atoms with Gasteiger partial charge in [0.05, 0.1) is 4.92 Å². The van der Waals surface area contributed by atoms with Gasteiger partial charge in [-0.25, -0.2) is 0 Å². The zero-order chi connectivity index (χ0) is 10.7. The van der Waals surface area contributed by atoms with Gasteiger partial charge in [0.2, 0.25) is 0 Å². The summed E-state index contributed by atoms with van der Waals surface area (Å²) >= 11 is 0. The van der Waals surface area contributed by atoms with Crippen molar-refractivity contribution in [2.24, 2.45) is 0 Å². The number of rotatable bonds is 3. The van der Waals surface area contributed by atoms with E-state index in [1.54, 1.807) is 12.1 Å². The van der Waals surface area contributed by atoms with Gasteiger partial charge in [0, 0.05) is 18.7 Å². The third kappa shape index (κ3) is 2.53. The van der Waals surface area contributed by atoms with Crippen LogP contribution in [0.25, 0.3) is 0 Å². The molecule has 14 heavy (non-hydrogen) atoms. The van der Waals surface area contributed by atoms with E-state index in [9.17, 15) is 10.1 Å². The van der Waals surface area contributed by atoms with Crippen LogP contribution in [0, 0.1) is 17.0 Å². The Morgan fingerprint density at radius 3 is 2.50 bits per heavy atom. The summed E-state index contributed by atoms with van der Waals surface area (Å²) in [5.74, 6) is 0. The van der Waals surface area contributed by atoms with Crippen molar-refractivity contribution in [1.29, 1.82) is 0 Å². The lowest BCUT2D eigenvalue weighted by Gasteiger charge is -2.11. The van der Waals surface area contributed by atoms with Gasteiger partial charge in [0.15, 0.2) is 0 Å². The third-order valence-corrected chi connectivity index (χ3v) is 2.02. The van der Waals surface area contributed by atoms with Crippen LogP contribution in [0.3, 0.4) is 0 Å². The molecule has 0 bridgehead atoms. The Morgan fingerprint density at radius 2 is 2.07 bits per heavy atom. The Kier molecular flexibility index (Phi) is 3.19. The molecule has 0 spiro atoms. The largest absolute Gasteiger partial charge is 0.305 e. The van der Waals surface area contributed by atoms with E-state index in [-0.39, 0.29) is 10.6 Å². The molecule has 0 heterocycles. The van der Waals surface area contributed by atoms with Crippen molar-refractivity contribution < 1.29 is 4.92 Å². The van der Waals surface area contributed by atoms with Crippen molar-refractivity contribution >= 4 is 5.69 Å². The monoisotopic (exact) mass is 194 g/mol. The molecular formula is C10H14N2O2. The zero-order valence-corrected chi connectivity index (χ0v) is 8.65. The molecule has 0 N–H and O–H groups in total. The van der Waals surface area contributed by atoms with Crippen LogP contribution in [0.1, 0.15) is 11.1 Å². The van der Waals surface area contributed by atoms with Gasteiger partial charge in [-0.1, -0.05) is 6.07 Å². The topological polar surface area (TPSA) is 46.4 Å². The van der Waals surface area contributed by atoms with Crippen LogP contribution in [0.5, 0.6) is 0 Å². The van der Waals surface area contributed by atoms with Gasteiger partial charge in [-0.05, 0) is 32.1 Å². The van der Waals surface area contributed by atoms with Gasteiger partial charge in [0.1, 0.15) is 0 Å². The highest BCUT2D eigenvalue weighted by atomic mass is 16.6. The number of benzene rings is 1. The van der Waals surface area contributed by atoms with Crippen LogP contribution >= 0.6 is 0 Å². The van der Waals surface area contributed by atoms with Gasteiger partial charge >= 0.3 is 0 Å². The lowest BCUT2D eigenvalue weighted by Crippen LogP contribution is -2.11. The Morgan fingerprint density at radius 1 is 1.43 bits per heavy atom. The molecule has 0 radical (unpaired) electrons. The van der Waals surface area contributed by atoms with Crippen molar-refractivity contribution in [2.75, 3.05) is 14.1 Å². The summed E-state index contributed by atoms with van der Waals surface area (Å²) in [5, 5.41) is 10.5. The minimum Gasteiger partial charge on any atom is -0.305 e. The van der Waals surface area contributed by atoms with Crippen LogP contribution in [0.15, 0.2) is 18.2 Å². The first-order valence-corrected chi connectivity index (χ1v) is 4.39. The molecule has 76 valence electrons. The minimum atomic E-state index is -0.369. The van der Waals surface area contributed by atoms with E-state index in [1.165, 1.54) is 0 Å². The summed E-state index contributed by atoms with van der Waals surface area (Å²) in [5.41, 5.74) is 2.25. The second-order valence-electron chi connectivity index (χ2n) is 3.61. The lowest BCUT2D eigenvalue weighted by atomic mass is 10.1. The molecule has 1 aromatic carbocycles. The first-order valence-electron chi connectivity index (χ1n) is 4.39. The Hall–Kier alpha value is -1.42. The summed E-state index contributed by atoms with van der Waals surface area (Å²) in [6, 6.07) is 4.97. The maximum Gasteiger partial charge on any atom is 0.269 e. The van der Waals surface area contributed by atoms with Crippen molar-refractivity contribution in [3.8, 4) is 0 Å². The molecule has 0 amide bonds. The molecule has 0 aliphatic heterocycles. The molecule has 0 aliphatic carbocycles. The van der Waals surface area contributed by atoms with Crippen molar-refractivity contribution in [2.45, 2.75) is 13.5 Å². The van der Waals surface area contributed by atoms with Crippen LogP contribution in [-0.4, -0.2) is 23.9 Å². The second kappa shape index (κ2) is 4.19. The van der Waals surface area contributed by atoms with Gasteiger partial charge in [-0.3, -0.25) is 10.1 Å². The first kappa shape index (κ1) is 10.7. The van der Waals surface area contributed by atoms with E-state index < -0.39 is 0 Å². The summed E-state index contributed by atoms with van der Waals surface area (Å²) in [7, 11) is 3.95. The minimum absolute atomic E-state index is 0.157. The Labute approximate surface area is 83.3 Å². The maximum absolute atomic E-state index is 10.5. The second-order valence-corrected chi connectivity index (χ2v) is 3.61. The average molecular weight is 194 g/mol. The molecule has 4 nitrogen and oxygen atoms in total. The van der Waals surface area contributed by atoms with Crippen molar-refractivity contribution in [3.05, 3.63) is 39.4 Å². The Bertz CT molecular complexity index is 348. The number of nitrogens with zero attached hydrogens (tertiary/aromatic N) is 2. The zero-order valence-electron chi connectivity index (χ0n) is 8.65. The number of aryl methyl sites for hydroxylation is 1. The molecule has 0 saturated heterocycles. The smallest absolute Gasteiger partial charge is 0.269 e. The Balaban J connectivity index is 2.95. The van der Waals surface area contributed by atoms with Gasteiger partial charge < -0.3 is 4.90 Å². The van der Waals surface area contributed by atoms with E-state index in [2.05, 4.69) is 0 Å². The van der Waals surface area contributed by atoms with E-state index in [4.69, 9.17) is 0 Å². The molecule has 0 aliphatic rings. The summed E-state index contributed by atoms with van der Waals surface area (Å²) in [6.07, 6.45) is 0. The molecule has 0 aromatic heterocycles. The highest BCUT2D eigenvalue weighted by Crippen LogP contribution is 2.17. The number of hydrogen-bond donors (Lipinski definition) is 0. The van der Waals surface area contributed by atoms with Crippen molar-refractivity contribution in [1.82, 2.24) is 4.90 Å². The normalized spacial score (nSPS) is 10.6. The average Bonchev–Trinajstić information content (AvgIpc) is 2.07. The molecule has 0 saturated carbocycles. The van der Waals surface area contributed by atoms with Crippen molar-refractivity contribution in [3.63, 3.8) is 0 Å². The molecular weight excluding hydrogens is 180 g/mol. The van der Waals surface area contributed by atoms with E-state index in [0.717, 1.165) is 17.7 Å². The third-order valence-electron chi connectivity index (χ3n) is 2.02. The van der Waals surface area contributed by atoms with Crippen LogP contribution in [0.2, 0.25) is 0 Å². The number of hydrogen-bond acceptors (Lipinski definition) is 3. The number of nitro benzene ring substituents is 1. The van der Waals surface area contributed by atoms with E-state index >= 15 is 0 Å². The summed E-state index contributed by atoms with van der Waals surface area (Å²) in [4.78, 5) is 12.1. The molecule has 4 heteroatoms. The summed E-state index contributed by atoms with van der Waals surface area (Å²) < 4.78 is 0. The first-order chi connectivity index (χ1) is 6.50. The van der Waals surface area contributed by atoms with Gasteiger partial charge in [-0.2, -0.15) is 0 Å². The fourth-order valence-electron chi connectivity index (χ4n) is 1.31. The van der Waals surface area contributed by atoms with Gasteiger partial charge in [0.25, 0.3) is 5.69 Å². The number of non-ortho nitro benzene ring substituents is 1. The maximum atomic E-state index is 10.5. The quantitative estimate of drug-likeness (QED) is 0.546. The van der Waals surface area contributed by atoms with Crippen LogP contribution in [0.4, 0.5) is 5.69 Å². The van der Waals surface area contributed by atoms with Crippen LogP contribution in [-0.2, 0) is 6.54 Å². The van der Waals surface area contributed by atoms with E-state index in [0.29, 0.717) is 0 Å². The highest BCUT2D eigenvalue weighted by Gasteiger charge is 2.07. The van der Waals surface area contributed by atoms with Gasteiger partial charge in [-0.15, -0.1) is 0 Å². The fraction of sp³-hybridized carbons (Fsp3) is 0.400. The lowest BCUT2D eigenvalue weighted by molar-refractivity contribution is -0.384. The fourth-order valence-corrected chi connectivity index (χ4v) is 1.31. The molecule has 0 fully saturated rings. The predicted octanol–water partition coefficient (Wildman–Crippen LogP) is 1.96. The standard InChI is InChI=1S/C10H14N2O2/c1-8-6-10(12(13)14)5-4-9(8)7-11(2)3/h4-6H,7H2,1-3H3.